The molecule has 41 heavy (non-hydrogen) atoms. The van der Waals surface area contributed by atoms with Gasteiger partial charge in [-0.25, -0.2) is 0 Å². The highest BCUT2D eigenvalue weighted by atomic mass is 35.5. The van der Waals surface area contributed by atoms with Gasteiger partial charge >= 0.3 is 0 Å². The van der Waals surface area contributed by atoms with Gasteiger partial charge in [-0.15, -0.1) is 24.8 Å². The van der Waals surface area contributed by atoms with Gasteiger partial charge in [0.15, 0.2) is 11.5 Å². The van der Waals surface area contributed by atoms with Crippen molar-refractivity contribution in [3.63, 3.8) is 0 Å². The number of hydrogen-bond donors (Lipinski definition) is 0. The fraction of sp³-hybridized carbons (Fsp3) is 0.581. The first-order chi connectivity index (χ1) is 19.0. The fourth-order valence-electron chi connectivity index (χ4n) is 6.38. The predicted octanol–water partition coefficient (Wildman–Crippen LogP) is 6.84. The summed E-state index contributed by atoms with van der Waals surface area (Å²) in [5, 5.41) is 7.21. The third-order valence-electron chi connectivity index (χ3n) is 8.76. The van der Waals surface area contributed by atoms with Gasteiger partial charge in [0.2, 0.25) is 0 Å². The molecule has 2 heterocycles. The molecule has 1 saturated heterocycles. The van der Waals surface area contributed by atoms with Crippen LogP contribution in [0.15, 0.2) is 30.3 Å². The summed E-state index contributed by atoms with van der Waals surface area (Å²) in [4.78, 5) is 7.63. The second-order valence-electron chi connectivity index (χ2n) is 11.0. The summed E-state index contributed by atoms with van der Waals surface area (Å²) in [7, 11) is 3.41. The maximum absolute atomic E-state index is 6.39. The minimum atomic E-state index is 0. The molecule has 1 aliphatic heterocycles. The van der Waals surface area contributed by atoms with Crippen molar-refractivity contribution in [3.05, 3.63) is 46.6 Å². The van der Waals surface area contributed by atoms with Gasteiger partial charge in [-0.05, 0) is 50.1 Å². The van der Waals surface area contributed by atoms with Crippen LogP contribution in [0.4, 0.5) is 5.69 Å². The number of piperazine rings is 1. The Labute approximate surface area is 262 Å². The van der Waals surface area contributed by atoms with E-state index in [2.05, 4.69) is 57.5 Å². The molecule has 2 fully saturated rings. The summed E-state index contributed by atoms with van der Waals surface area (Å²) in [5.41, 5.74) is 4.68. The predicted molar refractivity (Wildman–Crippen MR) is 175 cm³/mol. The van der Waals surface area contributed by atoms with Crippen LogP contribution in [0.1, 0.15) is 50.3 Å². The monoisotopic (exact) mass is 625 g/mol. The average molecular weight is 627 g/mol. The van der Waals surface area contributed by atoms with Crippen LogP contribution in [0.3, 0.4) is 0 Å². The Balaban J connectivity index is 0.00000231. The van der Waals surface area contributed by atoms with Crippen LogP contribution in [0.25, 0.3) is 10.9 Å². The van der Waals surface area contributed by atoms with E-state index in [0.717, 1.165) is 80.1 Å². The standard InChI is InChI=1S/C31H44ClN5O2.2ClH/c1-5-35(24-10-7-6-8-11-24)22-27-25-20-30(38-3)31(39-4)21-29(25)37(33-27)19-16-34-14-17-36(18-15-34)28-13-9-12-26(32)23(28)2;;/h9,12-13,20-21,24H,5-8,10-11,14-19,22H2,1-4H3;2*1H. The van der Waals surface area contributed by atoms with E-state index in [9.17, 15) is 0 Å². The van der Waals surface area contributed by atoms with Crippen molar-refractivity contribution in [3.8, 4) is 11.5 Å². The Kier molecular flexibility index (Phi) is 12.7. The Morgan fingerprint density at radius 1 is 0.951 bits per heavy atom. The van der Waals surface area contributed by atoms with E-state index in [0.29, 0.717) is 6.04 Å². The van der Waals surface area contributed by atoms with Gasteiger partial charge in [0.25, 0.3) is 0 Å². The quantitative estimate of drug-likeness (QED) is 0.246. The zero-order valence-corrected chi connectivity index (χ0v) is 27.3. The fourth-order valence-corrected chi connectivity index (χ4v) is 6.55. The van der Waals surface area contributed by atoms with Crippen LogP contribution in [0, 0.1) is 6.92 Å². The number of fused-ring (bicyclic) bond motifs is 1. The Hall–Kier alpha value is -1.90. The molecule has 1 aliphatic carbocycles. The molecule has 5 rings (SSSR count). The van der Waals surface area contributed by atoms with Crippen molar-refractivity contribution < 1.29 is 9.47 Å². The van der Waals surface area contributed by atoms with E-state index in [1.807, 2.05) is 6.07 Å². The van der Waals surface area contributed by atoms with Crippen LogP contribution < -0.4 is 14.4 Å². The van der Waals surface area contributed by atoms with E-state index < -0.39 is 0 Å². The lowest BCUT2D eigenvalue weighted by Crippen LogP contribution is -2.47. The zero-order chi connectivity index (χ0) is 27.4. The molecule has 0 atom stereocenters. The lowest BCUT2D eigenvalue weighted by Gasteiger charge is -2.37. The molecule has 3 aromatic rings. The van der Waals surface area contributed by atoms with Crippen molar-refractivity contribution in [1.82, 2.24) is 19.6 Å². The first kappa shape index (κ1) is 33.6. The molecule has 7 nitrogen and oxygen atoms in total. The summed E-state index contributed by atoms with van der Waals surface area (Å²) < 4.78 is 13.5. The van der Waals surface area contributed by atoms with Gasteiger partial charge in [-0.2, -0.15) is 5.10 Å². The minimum Gasteiger partial charge on any atom is -0.493 e. The Bertz CT molecular complexity index is 1260. The van der Waals surface area contributed by atoms with E-state index in [4.69, 9.17) is 26.2 Å². The summed E-state index contributed by atoms with van der Waals surface area (Å²) in [6.45, 7) is 12.2. The summed E-state index contributed by atoms with van der Waals surface area (Å²) in [5.74, 6) is 1.52. The first-order valence-electron chi connectivity index (χ1n) is 14.6. The van der Waals surface area contributed by atoms with Crippen LogP contribution in [0.5, 0.6) is 11.5 Å². The molecule has 228 valence electrons. The largest absolute Gasteiger partial charge is 0.493 e. The molecule has 0 spiro atoms. The molecule has 2 aliphatic rings. The number of anilines is 1. The Morgan fingerprint density at radius 2 is 1.63 bits per heavy atom. The smallest absolute Gasteiger partial charge is 0.162 e. The summed E-state index contributed by atoms with van der Waals surface area (Å²) >= 11 is 6.39. The highest BCUT2D eigenvalue weighted by Crippen LogP contribution is 2.35. The van der Waals surface area contributed by atoms with E-state index in [1.54, 1.807) is 14.2 Å². The second kappa shape index (κ2) is 15.5. The van der Waals surface area contributed by atoms with Crippen LogP contribution in [-0.4, -0.2) is 79.1 Å². The average Bonchev–Trinajstić information content (AvgIpc) is 3.32. The van der Waals surface area contributed by atoms with Crippen molar-refractivity contribution in [1.29, 1.82) is 0 Å². The molecule has 2 aromatic carbocycles. The van der Waals surface area contributed by atoms with E-state index in [-0.39, 0.29) is 24.8 Å². The molecule has 0 bridgehead atoms. The van der Waals surface area contributed by atoms with Crippen molar-refractivity contribution in [2.24, 2.45) is 0 Å². The number of aromatic nitrogens is 2. The number of benzene rings is 2. The maximum Gasteiger partial charge on any atom is 0.162 e. The van der Waals surface area contributed by atoms with Crippen LogP contribution in [0.2, 0.25) is 5.02 Å². The van der Waals surface area contributed by atoms with Gasteiger partial charge in [0.1, 0.15) is 0 Å². The van der Waals surface area contributed by atoms with Gasteiger partial charge in [-0.1, -0.05) is 43.9 Å². The highest BCUT2D eigenvalue weighted by molar-refractivity contribution is 6.31. The maximum atomic E-state index is 6.39. The normalized spacial score (nSPS) is 16.5. The van der Waals surface area contributed by atoms with Crippen LogP contribution in [-0.2, 0) is 13.1 Å². The van der Waals surface area contributed by atoms with Gasteiger partial charge in [0, 0.05) is 67.5 Å². The molecular weight excluding hydrogens is 581 g/mol. The number of methoxy groups -OCH3 is 2. The molecular formula is C31H46Cl3N5O2. The van der Waals surface area contributed by atoms with Gasteiger partial charge < -0.3 is 14.4 Å². The number of ether oxygens (including phenoxy) is 2. The summed E-state index contributed by atoms with van der Waals surface area (Å²) in [6.07, 6.45) is 6.64. The molecule has 1 aromatic heterocycles. The number of hydrogen-bond acceptors (Lipinski definition) is 6. The topological polar surface area (TPSA) is 46.0 Å². The lowest BCUT2D eigenvalue weighted by atomic mass is 9.94. The first-order valence-corrected chi connectivity index (χ1v) is 15.0. The van der Waals surface area contributed by atoms with Crippen molar-refractivity contribution >= 4 is 53.0 Å². The second-order valence-corrected chi connectivity index (χ2v) is 11.4. The third kappa shape index (κ3) is 7.55. The molecule has 0 radical (unpaired) electrons. The number of rotatable bonds is 10. The molecule has 10 heteroatoms. The van der Waals surface area contributed by atoms with E-state index in [1.165, 1.54) is 48.7 Å². The van der Waals surface area contributed by atoms with Gasteiger partial charge in [0.05, 0.1) is 32.0 Å². The number of halogens is 3. The molecule has 0 unspecified atom stereocenters. The highest BCUT2D eigenvalue weighted by Gasteiger charge is 2.24. The van der Waals surface area contributed by atoms with Gasteiger partial charge in [-0.3, -0.25) is 14.5 Å². The number of nitrogens with zero attached hydrogens (tertiary/aromatic N) is 5. The molecule has 0 N–H and O–H groups in total. The zero-order valence-electron chi connectivity index (χ0n) is 24.9. The SMILES string of the molecule is CCN(Cc1nn(CCN2CCN(c3cccc(Cl)c3C)CC2)c2cc(OC)c(OC)cc12)C1CCCCC1.Cl.Cl. The Morgan fingerprint density at radius 3 is 2.29 bits per heavy atom. The van der Waals surface area contributed by atoms with E-state index >= 15 is 0 Å². The molecule has 1 saturated carbocycles. The molecule has 0 amide bonds. The van der Waals surface area contributed by atoms with Crippen LogP contribution >= 0.6 is 36.4 Å². The summed E-state index contributed by atoms with van der Waals surface area (Å²) in [6, 6.07) is 11.1. The van der Waals surface area contributed by atoms with Crippen molar-refractivity contribution in [2.75, 3.05) is 58.4 Å². The van der Waals surface area contributed by atoms with Crippen molar-refractivity contribution in [2.45, 2.75) is 65.1 Å². The minimum absolute atomic E-state index is 0. The lowest BCUT2D eigenvalue weighted by molar-refractivity contribution is 0.154. The third-order valence-corrected chi connectivity index (χ3v) is 9.17.